The number of nitro benzene ring substituents is 1. The number of fused-ring (bicyclic) bond motifs is 1. The van der Waals surface area contributed by atoms with Crippen LogP contribution in [0.4, 0.5) is 10.1 Å². The summed E-state index contributed by atoms with van der Waals surface area (Å²) < 4.78 is 25.0. The van der Waals surface area contributed by atoms with Gasteiger partial charge in [0.15, 0.2) is 5.58 Å². The quantitative estimate of drug-likeness (QED) is 0.411. The summed E-state index contributed by atoms with van der Waals surface area (Å²) in [5, 5.41) is 10.9. The van der Waals surface area contributed by atoms with Crippen molar-refractivity contribution in [1.82, 2.24) is 9.55 Å². The van der Waals surface area contributed by atoms with Crippen molar-refractivity contribution in [2.45, 2.75) is 6.54 Å². The van der Waals surface area contributed by atoms with E-state index in [0.717, 1.165) is 0 Å². The molecule has 9 heteroatoms. The SMILES string of the molecule is O=c1oc2ccc([N+](=O)[O-])cc2n1Cc1coc(-c2cccc(F)c2)n1. The highest BCUT2D eigenvalue weighted by Crippen LogP contribution is 2.22. The zero-order chi connectivity index (χ0) is 18.3. The Kier molecular flexibility index (Phi) is 3.61. The van der Waals surface area contributed by atoms with Gasteiger partial charge in [-0.15, -0.1) is 0 Å². The molecule has 2 aromatic heterocycles. The van der Waals surface area contributed by atoms with Crippen LogP contribution in [0.3, 0.4) is 0 Å². The number of hydrogen-bond acceptors (Lipinski definition) is 6. The van der Waals surface area contributed by atoms with Crippen molar-refractivity contribution in [3.63, 3.8) is 0 Å². The van der Waals surface area contributed by atoms with Crippen LogP contribution in [0.1, 0.15) is 5.69 Å². The van der Waals surface area contributed by atoms with Crippen molar-refractivity contribution < 1.29 is 18.1 Å². The van der Waals surface area contributed by atoms with Crippen molar-refractivity contribution in [2.75, 3.05) is 0 Å². The molecule has 4 rings (SSSR count). The molecule has 8 nitrogen and oxygen atoms in total. The Hall–Kier alpha value is -3.75. The Morgan fingerprint density at radius 2 is 2.08 bits per heavy atom. The molecule has 0 amide bonds. The predicted octanol–water partition coefficient (Wildman–Crippen LogP) is 3.35. The van der Waals surface area contributed by atoms with E-state index in [1.165, 1.54) is 47.2 Å². The van der Waals surface area contributed by atoms with E-state index in [1.807, 2.05) is 0 Å². The number of nitrogens with zero attached hydrogens (tertiary/aromatic N) is 3. The van der Waals surface area contributed by atoms with Crippen LogP contribution in [0, 0.1) is 15.9 Å². The van der Waals surface area contributed by atoms with E-state index in [1.54, 1.807) is 6.07 Å². The molecule has 0 atom stereocenters. The van der Waals surface area contributed by atoms with Crippen LogP contribution in [0.25, 0.3) is 22.6 Å². The van der Waals surface area contributed by atoms with Crippen LogP contribution in [0.5, 0.6) is 0 Å². The van der Waals surface area contributed by atoms with Gasteiger partial charge in [0.1, 0.15) is 12.1 Å². The van der Waals surface area contributed by atoms with Gasteiger partial charge in [0.05, 0.1) is 22.7 Å². The molecular formula is C17H10FN3O5. The number of non-ortho nitro benzene ring substituents is 1. The number of aromatic nitrogens is 2. The van der Waals surface area contributed by atoms with Gasteiger partial charge in [-0.3, -0.25) is 14.7 Å². The van der Waals surface area contributed by atoms with Gasteiger partial charge in [-0.25, -0.2) is 14.2 Å². The number of hydrogen-bond donors (Lipinski definition) is 0. The standard InChI is InChI=1S/C17H10FN3O5/c18-11-3-1-2-10(6-11)16-19-12(9-25-16)8-20-14-7-13(21(23)24)4-5-15(14)26-17(20)22/h1-7,9H,8H2. The molecule has 0 N–H and O–H groups in total. The van der Waals surface area contributed by atoms with Crippen molar-refractivity contribution in [2.24, 2.45) is 0 Å². The van der Waals surface area contributed by atoms with Crippen molar-refractivity contribution in [3.8, 4) is 11.5 Å². The minimum atomic E-state index is -0.671. The maximum atomic E-state index is 13.3. The van der Waals surface area contributed by atoms with E-state index in [0.29, 0.717) is 11.3 Å². The normalized spacial score (nSPS) is 11.1. The van der Waals surface area contributed by atoms with Gasteiger partial charge in [-0.05, 0) is 24.3 Å². The van der Waals surface area contributed by atoms with Gasteiger partial charge in [0, 0.05) is 17.7 Å². The number of nitro groups is 1. The van der Waals surface area contributed by atoms with Crippen LogP contribution in [-0.4, -0.2) is 14.5 Å². The lowest BCUT2D eigenvalue weighted by Gasteiger charge is -1.98. The van der Waals surface area contributed by atoms with Crippen molar-refractivity contribution in [3.05, 3.63) is 80.9 Å². The molecule has 4 aromatic rings. The Morgan fingerprint density at radius 1 is 1.23 bits per heavy atom. The summed E-state index contributed by atoms with van der Waals surface area (Å²) in [5.74, 6) is -0.895. The molecule has 26 heavy (non-hydrogen) atoms. The van der Waals surface area contributed by atoms with E-state index in [-0.39, 0.29) is 29.2 Å². The highest BCUT2D eigenvalue weighted by molar-refractivity contribution is 5.76. The van der Waals surface area contributed by atoms with Crippen LogP contribution in [-0.2, 0) is 6.54 Å². The zero-order valence-corrected chi connectivity index (χ0v) is 13.1. The topological polar surface area (TPSA) is 104 Å². The summed E-state index contributed by atoms with van der Waals surface area (Å²) in [4.78, 5) is 26.7. The Morgan fingerprint density at radius 3 is 2.85 bits per heavy atom. The molecule has 0 bridgehead atoms. The van der Waals surface area contributed by atoms with Crippen LogP contribution >= 0.6 is 0 Å². The second-order valence-corrected chi connectivity index (χ2v) is 5.52. The molecule has 130 valence electrons. The molecule has 0 spiro atoms. The van der Waals surface area contributed by atoms with Gasteiger partial charge >= 0.3 is 5.76 Å². The first kappa shape index (κ1) is 15.8. The third-order valence-corrected chi connectivity index (χ3v) is 3.81. The summed E-state index contributed by atoms with van der Waals surface area (Å²) >= 11 is 0. The van der Waals surface area contributed by atoms with Gasteiger partial charge in [0.2, 0.25) is 5.89 Å². The fourth-order valence-corrected chi connectivity index (χ4v) is 2.61. The maximum Gasteiger partial charge on any atom is 0.420 e. The van der Waals surface area contributed by atoms with Crippen LogP contribution in [0.15, 0.2) is 62.4 Å². The number of halogens is 1. The van der Waals surface area contributed by atoms with Gasteiger partial charge in [-0.1, -0.05) is 6.07 Å². The fourth-order valence-electron chi connectivity index (χ4n) is 2.61. The Labute approximate surface area is 144 Å². The third-order valence-electron chi connectivity index (χ3n) is 3.81. The first-order valence-electron chi connectivity index (χ1n) is 7.49. The summed E-state index contributed by atoms with van der Waals surface area (Å²) in [6.07, 6.45) is 1.34. The van der Waals surface area contributed by atoms with Gasteiger partial charge in [-0.2, -0.15) is 0 Å². The Bertz CT molecular complexity index is 1190. The molecule has 0 aliphatic heterocycles. The first-order chi connectivity index (χ1) is 12.5. The average Bonchev–Trinajstić information content (AvgIpc) is 3.20. The zero-order valence-electron chi connectivity index (χ0n) is 13.1. The highest BCUT2D eigenvalue weighted by Gasteiger charge is 2.16. The second kappa shape index (κ2) is 5.96. The minimum Gasteiger partial charge on any atom is -0.444 e. The molecule has 0 unspecified atom stereocenters. The summed E-state index contributed by atoms with van der Waals surface area (Å²) in [5.41, 5.74) is 1.19. The molecule has 0 fully saturated rings. The maximum absolute atomic E-state index is 13.3. The minimum absolute atomic E-state index is 0.00812. The third kappa shape index (κ3) is 2.75. The molecule has 2 heterocycles. The summed E-state index contributed by atoms with van der Waals surface area (Å²) in [7, 11) is 0. The fraction of sp³-hybridized carbons (Fsp3) is 0.0588. The van der Waals surface area contributed by atoms with Crippen LogP contribution in [0.2, 0.25) is 0 Å². The summed E-state index contributed by atoms with van der Waals surface area (Å²) in [6.45, 7) is -0.00812. The van der Waals surface area contributed by atoms with Crippen molar-refractivity contribution >= 4 is 16.8 Å². The number of benzene rings is 2. The average molecular weight is 355 g/mol. The molecule has 0 aliphatic rings. The lowest BCUT2D eigenvalue weighted by atomic mass is 10.2. The second-order valence-electron chi connectivity index (χ2n) is 5.52. The monoisotopic (exact) mass is 355 g/mol. The molecule has 0 aliphatic carbocycles. The molecule has 0 saturated heterocycles. The smallest absolute Gasteiger partial charge is 0.420 e. The Balaban J connectivity index is 1.72. The molecule has 0 radical (unpaired) electrons. The van der Waals surface area contributed by atoms with Gasteiger partial charge < -0.3 is 8.83 Å². The van der Waals surface area contributed by atoms with Crippen LogP contribution < -0.4 is 5.76 Å². The number of rotatable bonds is 4. The number of oxazole rings is 2. The molecule has 2 aromatic carbocycles. The molecule has 0 saturated carbocycles. The summed E-state index contributed by atoms with van der Waals surface area (Å²) in [6, 6.07) is 9.63. The highest BCUT2D eigenvalue weighted by atomic mass is 19.1. The van der Waals surface area contributed by atoms with Crippen molar-refractivity contribution in [1.29, 1.82) is 0 Å². The van der Waals surface area contributed by atoms with E-state index in [4.69, 9.17) is 8.83 Å². The largest absolute Gasteiger partial charge is 0.444 e. The van der Waals surface area contributed by atoms with Gasteiger partial charge in [0.25, 0.3) is 5.69 Å². The van der Waals surface area contributed by atoms with E-state index >= 15 is 0 Å². The predicted molar refractivity (Wildman–Crippen MR) is 88.1 cm³/mol. The molecular weight excluding hydrogens is 345 g/mol. The van der Waals surface area contributed by atoms with E-state index in [2.05, 4.69) is 4.98 Å². The van der Waals surface area contributed by atoms with E-state index < -0.39 is 16.5 Å². The lowest BCUT2D eigenvalue weighted by molar-refractivity contribution is -0.384. The first-order valence-corrected chi connectivity index (χ1v) is 7.49. The lowest BCUT2D eigenvalue weighted by Crippen LogP contribution is -2.15. The van der Waals surface area contributed by atoms with E-state index in [9.17, 15) is 19.3 Å².